The van der Waals surface area contributed by atoms with E-state index < -0.39 is 10.0 Å². The van der Waals surface area contributed by atoms with Crippen LogP contribution in [0.25, 0.3) is 10.2 Å². The molecule has 0 bridgehead atoms. The summed E-state index contributed by atoms with van der Waals surface area (Å²) in [6.45, 7) is 1.98. The molecule has 1 amide bonds. The lowest BCUT2D eigenvalue weighted by Crippen LogP contribution is -2.13. The highest BCUT2D eigenvalue weighted by atomic mass is 32.2. The summed E-state index contributed by atoms with van der Waals surface area (Å²) in [5, 5.41) is 5.37. The molecule has 32 heavy (non-hydrogen) atoms. The van der Waals surface area contributed by atoms with Gasteiger partial charge >= 0.3 is 0 Å². The zero-order valence-electron chi connectivity index (χ0n) is 17.3. The smallest absolute Gasteiger partial charge is 0.263 e. The average molecular weight is 489 g/mol. The Labute approximate surface area is 193 Å². The van der Waals surface area contributed by atoms with Crippen LogP contribution >= 0.6 is 22.7 Å². The standard InChI is InChI=1S/C21H20N4O4S3/c1-13-4-3-5-17-19(13)24-20(31-17)23-18(26)11-6-14-12-30-21(22-14)25-32(27,28)16-9-7-15(29-2)8-10-16/h3-5,7-10,12H,6,11H2,1-2H3,(H,22,25)(H,23,24,26). The van der Waals surface area contributed by atoms with Crippen molar-refractivity contribution in [1.82, 2.24) is 9.97 Å². The fourth-order valence-electron chi connectivity index (χ4n) is 2.96. The van der Waals surface area contributed by atoms with Crippen molar-refractivity contribution in [2.75, 3.05) is 17.1 Å². The molecular weight excluding hydrogens is 468 g/mol. The van der Waals surface area contributed by atoms with Crippen molar-refractivity contribution in [2.24, 2.45) is 0 Å². The Kier molecular flexibility index (Phi) is 6.40. The molecule has 4 rings (SSSR count). The van der Waals surface area contributed by atoms with Crippen molar-refractivity contribution >= 4 is 59.1 Å². The number of hydrogen-bond acceptors (Lipinski definition) is 8. The number of ether oxygens (including phenoxy) is 1. The zero-order valence-corrected chi connectivity index (χ0v) is 19.7. The molecule has 8 nitrogen and oxygen atoms in total. The molecule has 0 aliphatic heterocycles. The summed E-state index contributed by atoms with van der Waals surface area (Å²) in [6, 6.07) is 12.0. The molecule has 2 aromatic heterocycles. The van der Waals surface area contributed by atoms with Crippen LogP contribution in [0.3, 0.4) is 0 Å². The second-order valence-electron chi connectivity index (χ2n) is 6.91. The van der Waals surface area contributed by atoms with Gasteiger partial charge in [-0.3, -0.25) is 9.52 Å². The first-order valence-electron chi connectivity index (χ1n) is 9.61. The maximum absolute atomic E-state index is 12.5. The van der Waals surface area contributed by atoms with Crippen molar-refractivity contribution in [3.63, 3.8) is 0 Å². The Bertz CT molecular complexity index is 1360. The van der Waals surface area contributed by atoms with Crippen LogP contribution in [0.1, 0.15) is 17.7 Å². The quantitative estimate of drug-likeness (QED) is 0.379. The Morgan fingerprint density at radius 1 is 1.09 bits per heavy atom. The molecule has 0 radical (unpaired) electrons. The van der Waals surface area contributed by atoms with Crippen LogP contribution in [0.15, 0.2) is 52.7 Å². The molecule has 0 saturated carbocycles. The summed E-state index contributed by atoms with van der Waals surface area (Å²) in [7, 11) is -2.24. The van der Waals surface area contributed by atoms with Crippen molar-refractivity contribution in [2.45, 2.75) is 24.7 Å². The van der Waals surface area contributed by atoms with Gasteiger partial charge in [-0.15, -0.1) is 11.3 Å². The van der Waals surface area contributed by atoms with Gasteiger partial charge in [-0.2, -0.15) is 0 Å². The van der Waals surface area contributed by atoms with E-state index in [1.165, 1.54) is 41.9 Å². The number of aryl methyl sites for hydroxylation is 2. The number of nitrogens with zero attached hydrogens (tertiary/aromatic N) is 2. The molecule has 166 valence electrons. The third-order valence-electron chi connectivity index (χ3n) is 4.62. The molecule has 0 fully saturated rings. The first kappa shape index (κ1) is 22.2. The van der Waals surface area contributed by atoms with E-state index >= 15 is 0 Å². The van der Waals surface area contributed by atoms with Gasteiger partial charge in [0.05, 0.1) is 27.9 Å². The average Bonchev–Trinajstić information content (AvgIpc) is 3.39. The summed E-state index contributed by atoms with van der Waals surface area (Å²) in [5.74, 6) is 0.398. The first-order valence-corrected chi connectivity index (χ1v) is 12.8. The van der Waals surface area contributed by atoms with Crippen LogP contribution in [-0.2, 0) is 21.2 Å². The van der Waals surface area contributed by atoms with E-state index in [1.54, 1.807) is 17.5 Å². The third-order valence-corrected chi connectivity index (χ3v) is 7.85. The molecule has 2 heterocycles. The highest BCUT2D eigenvalue weighted by Crippen LogP contribution is 2.28. The molecule has 0 aliphatic carbocycles. The summed E-state index contributed by atoms with van der Waals surface area (Å²) in [6.07, 6.45) is 0.597. The van der Waals surface area contributed by atoms with Gasteiger partial charge < -0.3 is 10.1 Å². The number of rotatable bonds is 8. The van der Waals surface area contributed by atoms with Gasteiger partial charge in [-0.1, -0.05) is 23.5 Å². The number of sulfonamides is 1. The number of benzene rings is 2. The monoisotopic (exact) mass is 488 g/mol. The fraction of sp³-hybridized carbons (Fsp3) is 0.190. The van der Waals surface area contributed by atoms with Gasteiger partial charge in [-0.05, 0) is 49.2 Å². The minimum absolute atomic E-state index is 0.112. The molecule has 2 N–H and O–H groups in total. The van der Waals surface area contributed by atoms with Gasteiger partial charge in [0.25, 0.3) is 10.0 Å². The number of carbonyl (C=O) groups excluding carboxylic acids is 1. The zero-order chi connectivity index (χ0) is 22.7. The summed E-state index contributed by atoms with van der Waals surface area (Å²) >= 11 is 2.60. The van der Waals surface area contributed by atoms with Gasteiger partial charge in [0, 0.05) is 11.8 Å². The fourth-order valence-corrected chi connectivity index (χ4v) is 5.92. The number of nitrogens with one attached hydrogen (secondary N) is 2. The summed E-state index contributed by atoms with van der Waals surface area (Å²) in [4.78, 5) is 21.2. The Morgan fingerprint density at radius 3 is 2.59 bits per heavy atom. The number of carbonyl (C=O) groups is 1. The predicted molar refractivity (Wildman–Crippen MR) is 127 cm³/mol. The van der Waals surface area contributed by atoms with E-state index in [0.717, 1.165) is 15.8 Å². The number of para-hydroxylation sites is 1. The number of aromatic nitrogens is 2. The minimum Gasteiger partial charge on any atom is -0.497 e. The van der Waals surface area contributed by atoms with E-state index in [-0.39, 0.29) is 22.4 Å². The van der Waals surface area contributed by atoms with Crippen LogP contribution in [0, 0.1) is 6.92 Å². The minimum atomic E-state index is -3.76. The van der Waals surface area contributed by atoms with Crippen LogP contribution < -0.4 is 14.8 Å². The Hall–Kier alpha value is -3.02. The SMILES string of the molecule is COc1ccc(S(=O)(=O)Nc2nc(CCC(=O)Nc3nc4c(C)cccc4s3)cs2)cc1. The van der Waals surface area contributed by atoms with Crippen molar-refractivity contribution < 1.29 is 17.9 Å². The van der Waals surface area contributed by atoms with Gasteiger partial charge in [0.15, 0.2) is 10.3 Å². The van der Waals surface area contributed by atoms with Gasteiger partial charge in [0.2, 0.25) is 5.91 Å². The molecule has 0 unspecified atom stereocenters. The number of methoxy groups -OCH3 is 1. The number of hydrogen-bond donors (Lipinski definition) is 2. The molecule has 0 atom stereocenters. The first-order chi connectivity index (χ1) is 15.3. The maximum atomic E-state index is 12.5. The predicted octanol–water partition coefficient (Wildman–Crippen LogP) is 4.44. The van der Waals surface area contributed by atoms with Gasteiger partial charge in [-0.25, -0.2) is 18.4 Å². The third kappa shape index (κ3) is 5.06. The van der Waals surface area contributed by atoms with Gasteiger partial charge in [0.1, 0.15) is 5.75 Å². The van der Waals surface area contributed by atoms with E-state index in [9.17, 15) is 13.2 Å². The second-order valence-corrected chi connectivity index (χ2v) is 10.5. The lowest BCUT2D eigenvalue weighted by atomic mass is 10.2. The summed E-state index contributed by atoms with van der Waals surface area (Å²) < 4.78 is 33.6. The van der Waals surface area contributed by atoms with E-state index in [0.29, 0.717) is 23.0 Å². The summed E-state index contributed by atoms with van der Waals surface area (Å²) in [5.41, 5.74) is 2.59. The molecular formula is C21H20N4O4S3. The molecule has 0 saturated heterocycles. The molecule has 2 aromatic carbocycles. The van der Waals surface area contributed by atoms with Crippen LogP contribution in [-0.4, -0.2) is 31.4 Å². The molecule has 4 aromatic rings. The molecule has 11 heteroatoms. The Morgan fingerprint density at radius 2 is 1.88 bits per heavy atom. The molecule has 0 aliphatic rings. The number of anilines is 2. The van der Waals surface area contributed by atoms with Crippen LogP contribution in [0.2, 0.25) is 0 Å². The number of fused-ring (bicyclic) bond motifs is 1. The Balaban J connectivity index is 1.34. The second kappa shape index (κ2) is 9.23. The van der Waals surface area contributed by atoms with Crippen molar-refractivity contribution in [1.29, 1.82) is 0 Å². The van der Waals surface area contributed by atoms with E-state index in [4.69, 9.17) is 4.74 Å². The topological polar surface area (TPSA) is 110 Å². The van der Waals surface area contributed by atoms with E-state index in [2.05, 4.69) is 20.0 Å². The maximum Gasteiger partial charge on any atom is 0.263 e. The number of thiazole rings is 2. The molecule has 0 spiro atoms. The van der Waals surface area contributed by atoms with Crippen LogP contribution in [0.4, 0.5) is 10.3 Å². The van der Waals surface area contributed by atoms with Crippen molar-refractivity contribution in [3.05, 3.63) is 59.1 Å². The highest BCUT2D eigenvalue weighted by molar-refractivity contribution is 7.93. The lowest BCUT2D eigenvalue weighted by Gasteiger charge is -2.06. The largest absolute Gasteiger partial charge is 0.497 e. The highest BCUT2D eigenvalue weighted by Gasteiger charge is 2.17. The normalized spacial score (nSPS) is 11.4. The number of amides is 1. The van der Waals surface area contributed by atoms with E-state index in [1.807, 2.05) is 25.1 Å². The lowest BCUT2D eigenvalue weighted by molar-refractivity contribution is -0.116. The van der Waals surface area contributed by atoms with Crippen LogP contribution in [0.5, 0.6) is 5.75 Å². The van der Waals surface area contributed by atoms with Crippen molar-refractivity contribution in [3.8, 4) is 5.75 Å².